The molecule has 0 fully saturated rings. The number of hydrogen-bond donors (Lipinski definition) is 2. The molecule has 1 atom stereocenters. The fraction of sp³-hybridized carbons (Fsp3) is 0.385. The third-order valence-electron chi connectivity index (χ3n) is 2.71. The normalized spacial score (nSPS) is 12.3. The molecule has 0 aliphatic heterocycles. The molecular formula is C13H15ClFNO3. The van der Waals surface area contributed by atoms with Crippen molar-refractivity contribution < 1.29 is 19.1 Å². The molecule has 1 rings (SSSR count). The molecule has 0 aliphatic rings. The fourth-order valence-electron chi connectivity index (χ4n) is 1.57. The number of carboxylic acid groups (broad SMARTS) is 1. The van der Waals surface area contributed by atoms with Crippen molar-refractivity contribution in [2.45, 2.75) is 26.3 Å². The van der Waals surface area contributed by atoms with E-state index in [9.17, 15) is 14.0 Å². The van der Waals surface area contributed by atoms with Crippen molar-refractivity contribution in [1.82, 2.24) is 5.32 Å². The lowest BCUT2D eigenvalue weighted by Crippen LogP contribution is -2.40. The van der Waals surface area contributed by atoms with Gasteiger partial charge in [0.2, 0.25) is 0 Å². The van der Waals surface area contributed by atoms with Crippen LogP contribution in [0, 0.1) is 11.7 Å². The van der Waals surface area contributed by atoms with Crippen LogP contribution in [0.25, 0.3) is 0 Å². The summed E-state index contributed by atoms with van der Waals surface area (Å²) >= 11 is 5.70. The van der Waals surface area contributed by atoms with Gasteiger partial charge in [-0.3, -0.25) is 9.59 Å². The van der Waals surface area contributed by atoms with Crippen molar-refractivity contribution in [3.05, 3.63) is 34.6 Å². The van der Waals surface area contributed by atoms with Gasteiger partial charge in [0.05, 0.1) is 17.0 Å². The first-order valence-corrected chi connectivity index (χ1v) is 6.17. The van der Waals surface area contributed by atoms with Crippen molar-refractivity contribution in [3.63, 3.8) is 0 Å². The van der Waals surface area contributed by atoms with Crippen LogP contribution in [0.2, 0.25) is 5.02 Å². The van der Waals surface area contributed by atoms with Gasteiger partial charge in [-0.1, -0.05) is 31.5 Å². The Morgan fingerprint density at radius 2 is 2.05 bits per heavy atom. The molecule has 0 aromatic heterocycles. The van der Waals surface area contributed by atoms with E-state index in [4.69, 9.17) is 16.7 Å². The first-order valence-electron chi connectivity index (χ1n) is 5.79. The topological polar surface area (TPSA) is 66.4 Å². The summed E-state index contributed by atoms with van der Waals surface area (Å²) in [6.07, 6.45) is -0.198. The van der Waals surface area contributed by atoms with Crippen molar-refractivity contribution >= 4 is 23.5 Å². The maximum absolute atomic E-state index is 13.2. The number of carbonyl (C=O) groups is 2. The Morgan fingerprint density at radius 3 is 2.58 bits per heavy atom. The first-order chi connectivity index (χ1) is 8.82. The van der Waals surface area contributed by atoms with Crippen LogP contribution < -0.4 is 5.32 Å². The smallest absolute Gasteiger partial charge is 0.305 e. The maximum atomic E-state index is 13.2. The van der Waals surface area contributed by atoms with Gasteiger partial charge >= 0.3 is 5.97 Å². The Balaban J connectivity index is 2.88. The summed E-state index contributed by atoms with van der Waals surface area (Å²) < 4.78 is 13.2. The minimum absolute atomic E-state index is 0.00212. The van der Waals surface area contributed by atoms with Crippen molar-refractivity contribution in [2.75, 3.05) is 0 Å². The standard InChI is InChI=1S/C13H15ClFNO3/c1-7(2)10(6-11(17)18)16-13(19)8-4-3-5-9(15)12(8)14/h3-5,7,10H,6H2,1-2H3,(H,16,19)(H,17,18). The number of hydrogen-bond acceptors (Lipinski definition) is 2. The molecule has 6 heteroatoms. The van der Waals surface area contributed by atoms with E-state index in [2.05, 4.69) is 5.32 Å². The third-order valence-corrected chi connectivity index (χ3v) is 3.10. The van der Waals surface area contributed by atoms with E-state index in [1.165, 1.54) is 12.1 Å². The van der Waals surface area contributed by atoms with Gasteiger partial charge in [-0.15, -0.1) is 0 Å². The SMILES string of the molecule is CC(C)C(CC(=O)O)NC(=O)c1cccc(F)c1Cl. The molecular weight excluding hydrogens is 273 g/mol. The highest BCUT2D eigenvalue weighted by Gasteiger charge is 2.22. The summed E-state index contributed by atoms with van der Waals surface area (Å²) in [7, 11) is 0. The van der Waals surface area contributed by atoms with E-state index in [1.54, 1.807) is 13.8 Å². The second kappa shape index (κ2) is 6.52. The molecule has 0 aliphatic carbocycles. The highest BCUT2D eigenvalue weighted by Crippen LogP contribution is 2.20. The maximum Gasteiger partial charge on any atom is 0.305 e. The molecule has 0 spiro atoms. The number of halogens is 2. The van der Waals surface area contributed by atoms with Gasteiger partial charge in [-0.2, -0.15) is 0 Å². The van der Waals surface area contributed by atoms with E-state index in [0.717, 1.165) is 6.07 Å². The molecule has 0 bridgehead atoms. The average molecular weight is 288 g/mol. The summed E-state index contributed by atoms with van der Waals surface area (Å²) in [5.74, 6) is -2.34. The number of nitrogens with one attached hydrogen (secondary N) is 1. The summed E-state index contributed by atoms with van der Waals surface area (Å²) in [6.45, 7) is 3.59. The van der Waals surface area contributed by atoms with Crippen LogP contribution >= 0.6 is 11.6 Å². The van der Waals surface area contributed by atoms with Crippen LogP contribution in [0.4, 0.5) is 4.39 Å². The molecule has 0 saturated heterocycles. The van der Waals surface area contributed by atoms with Gasteiger partial charge in [-0.05, 0) is 18.1 Å². The average Bonchev–Trinajstić information content (AvgIpc) is 2.31. The van der Waals surface area contributed by atoms with Gasteiger partial charge in [0.1, 0.15) is 5.82 Å². The zero-order valence-electron chi connectivity index (χ0n) is 10.6. The zero-order valence-corrected chi connectivity index (χ0v) is 11.4. The van der Waals surface area contributed by atoms with Crippen LogP contribution in [0.1, 0.15) is 30.6 Å². The number of benzene rings is 1. The number of amides is 1. The number of rotatable bonds is 5. The molecule has 1 unspecified atom stereocenters. The molecule has 104 valence electrons. The molecule has 0 saturated carbocycles. The lowest BCUT2D eigenvalue weighted by atomic mass is 10.0. The highest BCUT2D eigenvalue weighted by molar-refractivity contribution is 6.34. The summed E-state index contributed by atoms with van der Waals surface area (Å²) in [6, 6.07) is 3.37. The zero-order chi connectivity index (χ0) is 14.6. The fourth-order valence-corrected chi connectivity index (χ4v) is 1.78. The molecule has 1 aromatic carbocycles. The van der Waals surface area contributed by atoms with Crippen LogP contribution in [0.3, 0.4) is 0 Å². The van der Waals surface area contributed by atoms with E-state index < -0.39 is 23.7 Å². The minimum atomic E-state index is -1.01. The predicted octanol–water partition coefficient (Wildman–Crippen LogP) is 2.71. The predicted molar refractivity (Wildman–Crippen MR) is 69.8 cm³/mol. The largest absolute Gasteiger partial charge is 0.481 e. The molecule has 2 N–H and O–H groups in total. The second-order valence-corrected chi connectivity index (χ2v) is 4.90. The van der Waals surface area contributed by atoms with Gasteiger partial charge in [0.25, 0.3) is 5.91 Å². The van der Waals surface area contributed by atoms with Crippen molar-refractivity contribution in [3.8, 4) is 0 Å². The number of carboxylic acids is 1. The molecule has 1 amide bonds. The Hall–Kier alpha value is -1.62. The second-order valence-electron chi connectivity index (χ2n) is 4.52. The quantitative estimate of drug-likeness (QED) is 0.875. The van der Waals surface area contributed by atoms with Crippen LogP contribution in [0.15, 0.2) is 18.2 Å². The summed E-state index contributed by atoms with van der Waals surface area (Å²) in [5, 5.41) is 11.1. The number of carbonyl (C=O) groups excluding carboxylic acids is 1. The Morgan fingerprint density at radius 1 is 1.42 bits per heavy atom. The van der Waals surface area contributed by atoms with E-state index >= 15 is 0 Å². The molecule has 4 nitrogen and oxygen atoms in total. The molecule has 0 radical (unpaired) electrons. The monoisotopic (exact) mass is 287 g/mol. The lowest BCUT2D eigenvalue weighted by Gasteiger charge is -2.20. The van der Waals surface area contributed by atoms with Crippen LogP contribution in [-0.4, -0.2) is 23.0 Å². The van der Waals surface area contributed by atoms with E-state index in [1.807, 2.05) is 0 Å². The third kappa shape index (κ3) is 4.21. The minimum Gasteiger partial charge on any atom is -0.481 e. The first kappa shape index (κ1) is 15.4. The van der Waals surface area contributed by atoms with Crippen LogP contribution in [-0.2, 0) is 4.79 Å². The van der Waals surface area contributed by atoms with Crippen LogP contribution in [0.5, 0.6) is 0 Å². The Labute approximate surface area is 115 Å². The Bertz CT molecular complexity index is 491. The molecule has 19 heavy (non-hydrogen) atoms. The van der Waals surface area contributed by atoms with E-state index in [-0.39, 0.29) is 22.9 Å². The van der Waals surface area contributed by atoms with Gasteiger partial charge in [0.15, 0.2) is 0 Å². The lowest BCUT2D eigenvalue weighted by molar-refractivity contribution is -0.137. The van der Waals surface area contributed by atoms with Crippen molar-refractivity contribution in [2.24, 2.45) is 5.92 Å². The highest BCUT2D eigenvalue weighted by atomic mass is 35.5. The van der Waals surface area contributed by atoms with Crippen molar-refractivity contribution in [1.29, 1.82) is 0 Å². The summed E-state index contributed by atoms with van der Waals surface area (Å²) in [5.41, 5.74) is -0.00212. The van der Waals surface area contributed by atoms with Gasteiger partial charge < -0.3 is 10.4 Å². The summed E-state index contributed by atoms with van der Waals surface area (Å²) in [4.78, 5) is 22.7. The molecule has 0 heterocycles. The van der Waals surface area contributed by atoms with Gasteiger partial charge in [-0.25, -0.2) is 4.39 Å². The van der Waals surface area contributed by atoms with Gasteiger partial charge in [0, 0.05) is 6.04 Å². The number of aliphatic carboxylic acids is 1. The molecule has 1 aromatic rings. The van der Waals surface area contributed by atoms with E-state index in [0.29, 0.717) is 0 Å². The Kier molecular flexibility index (Phi) is 5.30.